The van der Waals surface area contributed by atoms with E-state index in [1.54, 1.807) is 32.9 Å². The van der Waals surface area contributed by atoms with Gasteiger partial charge in [0.2, 0.25) is 0 Å². The number of carbonyl (C=O) groups excluding carboxylic acids is 1. The van der Waals surface area contributed by atoms with Gasteiger partial charge < -0.3 is 4.74 Å². The summed E-state index contributed by atoms with van der Waals surface area (Å²) >= 11 is 0. The number of nitro benzene ring substituents is 1. The highest BCUT2D eigenvalue weighted by Gasteiger charge is 2.22. The molecule has 0 N–H and O–H groups in total. The van der Waals surface area contributed by atoms with Crippen LogP contribution in [-0.4, -0.2) is 10.9 Å². The predicted octanol–water partition coefficient (Wildman–Crippen LogP) is 2.68. The van der Waals surface area contributed by atoms with Gasteiger partial charge in [0.1, 0.15) is 6.61 Å². The maximum Gasteiger partial charge on any atom is 0.311 e. The molecule has 0 saturated carbocycles. The molecule has 1 rings (SSSR count). The summed E-state index contributed by atoms with van der Waals surface area (Å²) in [5.74, 6) is -0.296. The number of hydrogen-bond donors (Lipinski definition) is 0. The van der Waals surface area contributed by atoms with Crippen LogP contribution in [0.15, 0.2) is 24.3 Å². The van der Waals surface area contributed by atoms with Gasteiger partial charge in [0, 0.05) is 12.1 Å². The number of hydrogen-bond acceptors (Lipinski definition) is 4. The first-order valence-corrected chi connectivity index (χ1v) is 5.21. The molecule has 0 amide bonds. The molecule has 5 nitrogen and oxygen atoms in total. The standard InChI is InChI=1S/C12H15NO4/c1-12(2,3)11(14)17-8-9-4-6-10(7-5-9)13(15)16/h4-7H,8H2,1-3H3. The molecule has 92 valence electrons. The number of nitro groups is 1. The van der Waals surface area contributed by atoms with E-state index in [0.29, 0.717) is 0 Å². The van der Waals surface area contributed by atoms with Gasteiger partial charge in [0.25, 0.3) is 5.69 Å². The van der Waals surface area contributed by atoms with Crippen LogP contribution in [0.2, 0.25) is 0 Å². The summed E-state index contributed by atoms with van der Waals surface area (Å²) < 4.78 is 5.08. The van der Waals surface area contributed by atoms with Crippen LogP contribution in [0.4, 0.5) is 5.69 Å². The van der Waals surface area contributed by atoms with Crippen molar-refractivity contribution in [3.8, 4) is 0 Å². The molecular formula is C12H15NO4. The van der Waals surface area contributed by atoms with Crippen molar-refractivity contribution in [3.05, 3.63) is 39.9 Å². The smallest absolute Gasteiger partial charge is 0.311 e. The SMILES string of the molecule is CC(C)(C)C(=O)OCc1ccc([N+](=O)[O-])cc1. The fourth-order valence-electron chi connectivity index (χ4n) is 1.08. The Morgan fingerprint density at radius 2 is 1.82 bits per heavy atom. The first-order valence-electron chi connectivity index (χ1n) is 5.21. The summed E-state index contributed by atoms with van der Waals surface area (Å²) in [5.41, 5.74) is 0.213. The van der Waals surface area contributed by atoms with Gasteiger partial charge in [0.05, 0.1) is 10.3 Å². The summed E-state index contributed by atoms with van der Waals surface area (Å²) in [6, 6.07) is 5.93. The van der Waals surface area contributed by atoms with E-state index in [0.717, 1.165) is 5.56 Å². The Kier molecular flexibility index (Phi) is 3.83. The van der Waals surface area contributed by atoms with Crippen molar-refractivity contribution in [1.29, 1.82) is 0 Å². The van der Waals surface area contributed by atoms with Crippen LogP contribution in [0.3, 0.4) is 0 Å². The Bertz CT molecular complexity index is 417. The molecule has 0 bridgehead atoms. The molecule has 0 aliphatic heterocycles. The fourth-order valence-corrected chi connectivity index (χ4v) is 1.08. The Labute approximate surface area is 99.5 Å². The molecule has 17 heavy (non-hydrogen) atoms. The summed E-state index contributed by atoms with van der Waals surface area (Å²) in [6.45, 7) is 5.44. The van der Waals surface area contributed by atoms with Gasteiger partial charge in [-0.05, 0) is 38.5 Å². The Balaban J connectivity index is 2.59. The third kappa shape index (κ3) is 3.86. The number of ether oxygens (including phenoxy) is 1. The van der Waals surface area contributed by atoms with E-state index < -0.39 is 10.3 Å². The van der Waals surface area contributed by atoms with Gasteiger partial charge in [0.15, 0.2) is 0 Å². The lowest BCUT2D eigenvalue weighted by molar-refractivity contribution is -0.384. The van der Waals surface area contributed by atoms with Crippen molar-refractivity contribution in [3.63, 3.8) is 0 Å². The Hall–Kier alpha value is -1.91. The lowest BCUT2D eigenvalue weighted by atomic mass is 9.97. The van der Waals surface area contributed by atoms with Gasteiger partial charge >= 0.3 is 5.97 Å². The molecule has 0 fully saturated rings. The molecule has 0 aromatic heterocycles. The van der Waals surface area contributed by atoms with Gasteiger partial charge in [-0.3, -0.25) is 14.9 Å². The van der Waals surface area contributed by atoms with Gasteiger partial charge in [-0.2, -0.15) is 0 Å². The number of carbonyl (C=O) groups is 1. The molecule has 0 unspecified atom stereocenters. The summed E-state index contributed by atoms with van der Waals surface area (Å²) in [6.07, 6.45) is 0. The van der Waals surface area contributed by atoms with Crippen molar-refractivity contribution in [2.75, 3.05) is 0 Å². The largest absolute Gasteiger partial charge is 0.460 e. The van der Waals surface area contributed by atoms with Crippen LogP contribution < -0.4 is 0 Å². The van der Waals surface area contributed by atoms with Crippen LogP contribution in [0, 0.1) is 15.5 Å². The zero-order valence-corrected chi connectivity index (χ0v) is 10.1. The molecule has 0 radical (unpaired) electrons. The highest BCUT2D eigenvalue weighted by atomic mass is 16.6. The van der Waals surface area contributed by atoms with E-state index in [4.69, 9.17) is 4.74 Å². The first kappa shape index (κ1) is 13.2. The third-order valence-corrected chi connectivity index (χ3v) is 2.13. The fraction of sp³-hybridized carbons (Fsp3) is 0.417. The molecule has 0 spiro atoms. The van der Waals surface area contributed by atoms with Crippen molar-refractivity contribution in [2.45, 2.75) is 27.4 Å². The average molecular weight is 237 g/mol. The van der Waals surface area contributed by atoms with E-state index >= 15 is 0 Å². The maximum absolute atomic E-state index is 11.5. The van der Waals surface area contributed by atoms with Crippen LogP contribution in [0.25, 0.3) is 0 Å². The van der Waals surface area contributed by atoms with Crippen molar-refractivity contribution in [2.24, 2.45) is 5.41 Å². The molecule has 1 aromatic rings. The van der Waals surface area contributed by atoms with E-state index in [-0.39, 0.29) is 18.3 Å². The highest BCUT2D eigenvalue weighted by Crippen LogP contribution is 2.17. The second-order valence-electron chi connectivity index (χ2n) is 4.75. The predicted molar refractivity (Wildman–Crippen MR) is 62.3 cm³/mol. The average Bonchev–Trinajstić information content (AvgIpc) is 2.25. The minimum atomic E-state index is -0.541. The van der Waals surface area contributed by atoms with E-state index in [2.05, 4.69) is 0 Å². The number of benzene rings is 1. The molecule has 0 atom stereocenters. The van der Waals surface area contributed by atoms with Gasteiger partial charge in [-0.15, -0.1) is 0 Å². The van der Waals surface area contributed by atoms with Crippen LogP contribution in [0.5, 0.6) is 0 Å². The number of rotatable bonds is 3. The quantitative estimate of drug-likeness (QED) is 0.460. The number of nitrogens with zero attached hydrogens (tertiary/aromatic N) is 1. The molecular weight excluding hydrogens is 222 g/mol. The van der Waals surface area contributed by atoms with E-state index in [1.807, 2.05) is 0 Å². The minimum Gasteiger partial charge on any atom is -0.460 e. The van der Waals surface area contributed by atoms with Crippen LogP contribution >= 0.6 is 0 Å². The second-order valence-corrected chi connectivity index (χ2v) is 4.75. The van der Waals surface area contributed by atoms with Gasteiger partial charge in [-0.1, -0.05) is 0 Å². The lowest BCUT2D eigenvalue weighted by Gasteiger charge is -2.16. The Morgan fingerprint density at radius 3 is 2.24 bits per heavy atom. The summed E-state index contributed by atoms with van der Waals surface area (Å²) in [5, 5.41) is 10.4. The van der Waals surface area contributed by atoms with Crippen LogP contribution in [0.1, 0.15) is 26.3 Å². The minimum absolute atomic E-state index is 0.0240. The summed E-state index contributed by atoms with van der Waals surface area (Å²) in [4.78, 5) is 21.4. The van der Waals surface area contributed by atoms with E-state index in [1.165, 1.54) is 12.1 Å². The molecule has 5 heteroatoms. The van der Waals surface area contributed by atoms with Gasteiger partial charge in [-0.25, -0.2) is 0 Å². The molecule has 1 aromatic carbocycles. The van der Waals surface area contributed by atoms with Crippen molar-refractivity contribution >= 4 is 11.7 Å². The first-order chi connectivity index (χ1) is 7.80. The number of esters is 1. The molecule has 0 aliphatic rings. The maximum atomic E-state index is 11.5. The molecule has 0 aliphatic carbocycles. The monoisotopic (exact) mass is 237 g/mol. The zero-order chi connectivity index (χ0) is 13.1. The third-order valence-electron chi connectivity index (χ3n) is 2.13. The molecule has 0 heterocycles. The van der Waals surface area contributed by atoms with E-state index in [9.17, 15) is 14.9 Å². The lowest BCUT2D eigenvalue weighted by Crippen LogP contribution is -2.22. The van der Waals surface area contributed by atoms with Crippen LogP contribution in [-0.2, 0) is 16.1 Å². The normalized spacial score (nSPS) is 11.0. The summed E-state index contributed by atoms with van der Waals surface area (Å²) in [7, 11) is 0. The Morgan fingerprint density at radius 1 is 1.29 bits per heavy atom. The topological polar surface area (TPSA) is 69.4 Å². The molecule has 0 saturated heterocycles. The number of non-ortho nitro benzene ring substituents is 1. The zero-order valence-electron chi connectivity index (χ0n) is 10.1. The van der Waals surface area contributed by atoms with Crippen molar-refractivity contribution in [1.82, 2.24) is 0 Å². The second kappa shape index (κ2) is 4.95. The highest BCUT2D eigenvalue weighted by molar-refractivity contribution is 5.75. The van der Waals surface area contributed by atoms with Crippen molar-refractivity contribution < 1.29 is 14.5 Å².